The lowest BCUT2D eigenvalue weighted by atomic mass is 10.0. The van der Waals surface area contributed by atoms with E-state index in [-0.39, 0.29) is 0 Å². The van der Waals surface area contributed by atoms with Crippen LogP contribution in [0.4, 0.5) is 0 Å². The van der Waals surface area contributed by atoms with E-state index < -0.39 is 0 Å². The Bertz CT molecular complexity index is 349. The summed E-state index contributed by atoms with van der Waals surface area (Å²) in [5.74, 6) is 0. The summed E-state index contributed by atoms with van der Waals surface area (Å²) in [6.45, 7) is 3.99. The van der Waals surface area contributed by atoms with Crippen LogP contribution in [0.25, 0.3) is 0 Å². The maximum absolute atomic E-state index is 5.87. The molecular weight excluding hydrogens is 248 g/mol. The van der Waals surface area contributed by atoms with Gasteiger partial charge in [0.2, 0.25) is 0 Å². The van der Waals surface area contributed by atoms with Gasteiger partial charge in [0.1, 0.15) is 0 Å². The molecule has 0 spiro atoms. The van der Waals surface area contributed by atoms with E-state index in [1.807, 2.05) is 12.1 Å². The quantitative estimate of drug-likeness (QED) is 0.859. The summed E-state index contributed by atoms with van der Waals surface area (Å²) in [6, 6.07) is 4.21. The van der Waals surface area contributed by atoms with E-state index in [1.165, 1.54) is 12.8 Å². The molecule has 0 radical (unpaired) electrons. The van der Waals surface area contributed by atoms with Crippen LogP contribution in [0.15, 0.2) is 18.3 Å². The van der Waals surface area contributed by atoms with Gasteiger partial charge < -0.3 is 10.1 Å². The minimum absolute atomic E-state index is 0.302. The van der Waals surface area contributed by atoms with Crippen molar-refractivity contribution in [3.63, 3.8) is 0 Å². The lowest BCUT2D eigenvalue weighted by Gasteiger charge is -2.19. The normalized spacial score (nSPS) is 21.1. The number of aromatic nitrogens is 1. The number of hydrogen-bond donors (Lipinski definition) is 1. The van der Waals surface area contributed by atoms with Crippen LogP contribution in [-0.2, 0) is 4.74 Å². The molecule has 1 aromatic heterocycles. The highest BCUT2D eigenvalue weighted by molar-refractivity contribution is 6.30. The maximum Gasteiger partial charge on any atom is 0.0589 e. The molecule has 0 aromatic carbocycles. The number of halogens is 1. The molecule has 0 amide bonds. The van der Waals surface area contributed by atoms with Gasteiger partial charge in [0.15, 0.2) is 0 Å². The zero-order valence-electron chi connectivity index (χ0n) is 10.9. The van der Waals surface area contributed by atoms with E-state index in [1.54, 1.807) is 6.20 Å². The highest BCUT2D eigenvalue weighted by atomic mass is 35.5. The summed E-state index contributed by atoms with van der Waals surface area (Å²) < 4.78 is 5.67. The highest BCUT2D eigenvalue weighted by Crippen LogP contribution is 2.23. The number of ether oxygens (including phenoxy) is 1. The van der Waals surface area contributed by atoms with Crippen LogP contribution in [0.3, 0.4) is 0 Å². The molecule has 1 aromatic rings. The van der Waals surface area contributed by atoms with Gasteiger partial charge in [-0.3, -0.25) is 4.98 Å². The van der Waals surface area contributed by atoms with E-state index in [0.29, 0.717) is 17.2 Å². The van der Waals surface area contributed by atoms with E-state index >= 15 is 0 Å². The molecule has 100 valence electrons. The predicted molar refractivity (Wildman–Crippen MR) is 73.9 cm³/mol. The monoisotopic (exact) mass is 268 g/mol. The second kappa shape index (κ2) is 7.07. The number of nitrogens with zero attached hydrogens (tertiary/aromatic N) is 1. The van der Waals surface area contributed by atoms with Crippen LogP contribution in [0.5, 0.6) is 0 Å². The molecule has 1 aliphatic rings. The fourth-order valence-corrected chi connectivity index (χ4v) is 2.53. The smallest absolute Gasteiger partial charge is 0.0589 e. The third-order valence-corrected chi connectivity index (χ3v) is 3.58. The molecule has 0 saturated carbocycles. The third kappa shape index (κ3) is 3.94. The molecule has 4 heteroatoms. The highest BCUT2D eigenvalue weighted by Gasteiger charge is 2.19. The molecule has 1 aliphatic heterocycles. The zero-order valence-corrected chi connectivity index (χ0v) is 11.6. The lowest BCUT2D eigenvalue weighted by molar-refractivity contribution is 0.0995. The lowest BCUT2D eigenvalue weighted by Crippen LogP contribution is -2.23. The molecule has 18 heavy (non-hydrogen) atoms. The molecule has 2 atom stereocenters. The molecule has 2 heterocycles. The van der Waals surface area contributed by atoms with Gasteiger partial charge in [0.05, 0.1) is 16.8 Å². The van der Waals surface area contributed by atoms with Gasteiger partial charge in [-0.05, 0) is 44.4 Å². The van der Waals surface area contributed by atoms with Crippen molar-refractivity contribution in [1.29, 1.82) is 0 Å². The molecule has 2 unspecified atom stereocenters. The average molecular weight is 269 g/mol. The molecule has 1 saturated heterocycles. The van der Waals surface area contributed by atoms with Crippen LogP contribution in [-0.4, -0.2) is 24.2 Å². The molecule has 1 N–H and O–H groups in total. The van der Waals surface area contributed by atoms with Gasteiger partial charge in [-0.1, -0.05) is 18.5 Å². The van der Waals surface area contributed by atoms with E-state index in [4.69, 9.17) is 16.3 Å². The van der Waals surface area contributed by atoms with Gasteiger partial charge in [-0.25, -0.2) is 0 Å². The first kappa shape index (κ1) is 13.8. The third-order valence-electron chi connectivity index (χ3n) is 3.36. The Morgan fingerprint density at radius 1 is 1.56 bits per heavy atom. The van der Waals surface area contributed by atoms with E-state index in [0.717, 1.165) is 31.7 Å². The Labute approximate surface area is 114 Å². The van der Waals surface area contributed by atoms with Crippen molar-refractivity contribution in [1.82, 2.24) is 10.3 Å². The van der Waals surface area contributed by atoms with Gasteiger partial charge in [-0.2, -0.15) is 0 Å². The standard InChI is InChI=1S/C14H21ClN2O/c1-2-16-13(8-6-12-4-3-9-18-12)14-7-5-11(15)10-17-14/h5,7,10,12-13,16H,2-4,6,8-9H2,1H3. The van der Waals surface area contributed by atoms with Crippen molar-refractivity contribution < 1.29 is 4.74 Å². The van der Waals surface area contributed by atoms with Crippen molar-refractivity contribution in [3.05, 3.63) is 29.0 Å². The van der Waals surface area contributed by atoms with Crippen LogP contribution in [0, 0.1) is 0 Å². The van der Waals surface area contributed by atoms with Crippen molar-refractivity contribution in [2.75, 3.05) is 13.2 Å². The fourth-order valence-electron chi connectivity index (χ4n) is 2.42. The van der Waals surface area contributed by atoms with Crippen molar-refractivity contribution in [2.24, 2.45) is 0 Å². The minimum atomic E-state index is 0.302. The maximum atomic E-state index is 5.87. The molecule has 0 aliphatic carbocycles. The van der Waals surface area contributed by atoms with Gasteiger partial charge in [0.25, 0.3) is 0 Å². The molecule has 3 nitrogen and oxygen atoms in total. The van der Waals surface area contributed by atoms with Crippen LogP contribution >= 0.6 is 11.6 Å². The summed E-state index contributed by atoms with van der Waals surface area (Å²) in [4.78, 5) is 4.41. The Morgan fingerprint density at radius 3 is 3.06 bits per heavy atom. The fraction of sp³-hybridized carbons (Fsp3) is 0.643. The summed E-state index contributed by atoms with van der Waals surface area (Å²) in [7, 11) is 0. The largest absolute Gasteiger partial charge is 0.378 e. The summed E-state index contributed by atoms with van der Waals surface area (Å²) in [5, 5.41) is 4.17. The zero-order chi connectivity index (χ0) is 12.8. The minimum Gasteiger partial charge on any atom is -0.378 e. The summed E-state index contributed by atoms with van der Waals surface area (Å²) >= 11 is 5.87. The van der Waals surface area contributed by atoms with Crippen LogP contribution < -0.4 is 5.32 Å². The van der Waals surface area contributed by atoms with Crippen molar-refractivity contribution in [3.8, 4) is 0 Å². The first-order valence-electron chi connectivity index (χ1n) is 6.76. The number of pyridine rings is 1. The average Bonchev–Trinajstić information content (AvgIpc) is 2.89. The van der Waals surface area contributed by atoms with Crippen molar-refractivity contribution in [2.45, 2.75) is 44.8 Å². The Hall–Kier alpha value is -0.640. The SMILES string of the molecule is CCNC(CCC1CCCO1)c1ccc(Cl)cn1. The second-order valence-corrected chi connectivity index (χ2v) is 5.16. The van der Waals surface area contributed by atoms with Crippen molar-refractivity contribution >= 4 is 11.6 Å². The predicted octanol–water partition coefficient (Wildman–Crippen LogP) is 3.34. The summed E-state index contributed by atoms with van der Waals surface area (Å²) in [5.41, 5.74) is 1.07. The van der Waals surface area contributed by atoms with Crippen LogP contribution in [0.1, 0.15) is 44.3 Å². The summed E-state index contributed by atoms with van der Waals surface area (Å²) in [6.07, 6.45) is 6.73. The van der Waals surface area contributed by atoms with E-state index in [9.17, 15) is 0 Å². The second-order valence-electron chi connectivity index (χ2n) is 4.72. The Morgan fingerprint density at radius 2 is 2.44 bits per heavy atom. The Kier molecular flexibility index (Phi) is 5.42. The Balaban J connectivity index is 1.91. The van der Waals surface area contributed by atoms with Gasteiger partial charge >= 0.3 is 0 Å². The first-order chi connectivity index (χ1) is 8.79. The van der Waals surface area contributed by atoms with Gasteiger partial charge in [-0.15, -0.1) is 0 Å². The van der Waals surface area contributed by atoms with E-state index in [2.05, 4.69) is 17.2 Å². The number of hydrogen-bond acceptors (Lipinski definition) is 3. The molecule has 1 fully saturated rings. The van der Waals surface area contributed by atoms with Crippen LogP contribution in [0.2, 0.25) is 5.02 Å². The number of rotatable bonds is 6. The molecule has 2 rings (SSSR count). The number of nitrogens with one attached hydrogen (secondary N) is 1. The first-order valence-corrected chi connectivity index (χ1v) is 7.14. The van der Waals surface area contributed by atoms with Gasteiger partial charge in [0, 0.05) is 18.8 Å². The molecule has 0 bridgehead atoms. The molecular formula is C14H21ClN2O. The topological polar surface area (TPSA) is 34.1 Å².